The number of hydrogen-bond acceptors (Lipinski definition) is 5. The Morgan fingerprint density at radius 1 is 1.55 bits per heavy atom. The number of hydrogen-bond donors (Lipinski definition) is 2. The molecule has 0 aliphatic heterocycles. The van der Waals surface area contributed by atoms with Crippen LogP contribution < -0.4 is 5.32 Å². The number of aliphatic hydroxyl groups is 1. The van der Waals surface area contributed by atoms with Crippen molar-refractivity contribution in [3.8, 4) is 11.8 Å². The molecule has 20 heavy (non-hydrogen) atoms. The number of nitrogens with zero attached hydrogens (tertiary/aromatic N) is 1. The van der Waals surface area contributed by atoms with Gasteiger partial charge in [-0.2, -0.15) is 0 Å². The Hall–Kier alpha value is -2.10. The number of aliphatic hydroxyl groups excluding tert-OH is 1. The van der Waals surface area contributed by atoms with E-state index in [1.807, 2.05) is 13.8 Å². The molecule has 0 saturated carbocycles. The van der Waals surface area contributed by atoms with Gasteiger partial charge >= 0.3 is 0 Å². The van der Waals surface area contributed by atoms with Gasteiger partial charge in [0.15, 0.2) is 0 Å². The average molecular weight is 290 g/mol. The molecular formula is C14H14N2O3S. The van der Waals surface area contributed by atoms with Crippen molar-refractivity contribution in [2.75, 3.05) is 6.61 Å². The molecule has 1 amide bonds. The van der Waals surface area contributed by atoms with Crippen LogP contribution >= 0.6 is 11.3 Å². The van der Waals surface area contributed by atoms with E-state index < -0.39 is 0 Å². The summed E-state index contributed by atoms with van der Waals surface area (Å²) < 4.78 is 5.04. The number of carbonyl (C=O) groups excluding carboxylic acids is 1. The zero-order chi connectivity index (χ0) is 14.5. The first kappa shape index (κ1) is 14.3. The zero-order valence-corrected chi connectivity index (χ0v) is 12.0. The summed E-state index contributed by atoms with van der Waals surface area (Å²) in [6.07, 6.45) is 0. The summed E-state index contributed by atoms with van der Waals surface area (Å²) in [5.74, 6) is 5.86. The third kappa shape index (κ3) is 3.26. The molecule has 0 unspecified atom stereocenters. The number of nitrogens with one attached hydrogen (secondary N) is 1. The number of thiophene rings is 1. The van der Waals surface area contributed by atoms with Gasteiger partial charge < -0.3 is 14.9 Å². The fraction of sp³-hybridized carbons (Fsp3) is 0.286. The number of aromatic nitrogens is 1. The minimum atomic E-state index is -0.189. The highest BCUT2D eigenvalue weighted by Crippen LogP contribution is 2.15. The van der Waals surface area contributed by atoms with E-state index in [1.54, 1.807) is 11.4 Å². The maximum atomic E-state index is 12.0. The van der Waals surface area contributed by atoms with Crippen molar-refractivity contribution in [3.63, 3.8) is 0 Å². The maximum Gasteiger partial charge on any atom is 0.252 e. The smallest absolute Gasteiger partial charge is 0.252 e. The zero-order valence-electron chi connectivity index (χ0n) is 11.2. The molecule has 6 heteroatoms. The van der Waals surface area contributed by atoms with Crippen molar-refractivity contribution in [1.82, 2.24) is 10.5 Å². The molecule has 2 rings (SSSR count). The van der Waals surface area contributed by atoms with Gasteiger partial charge in [0.2, 0.25) is 0 Å². The summed E-state index contributed by atoms with van der Waals surface area (Å²) in [6, 6.07) is 1.70. The van der Waals surface area contributed by atoms with E-state index in [9.17, 15) is 4.79 Å². The van der Waals surface area contributed by atoms with Crippen molar-refractivity contribution in [3.05, 3.63) is 38.9 Å². The molecule has 0 saturated heterocycles. The second-order valence-corrected chi connectivity index (χ2v) is 5.06. The Bertz CT molecular complexity index is 657. The molecule has 0 spiro atoms. The first-order valence-electron chi connectivity index (χ1n) is 6.00. The van der Waals surface area contributed by atoms with E-state index >= 15 is 0 Å². The molecule has 0 radical (unpaired) electrons. The van der Waals surface area contributed by atoms with Crippen LogP contribution in [0.3, 0.4) is 0 Å². The van der Waals surface area contributed by atoms with E-state index in [4.69, 9.17) is 9.63 Å². The van der Waals surface area contributed by atoms with Gasteiger partial charge in [-0.3, -0.25) is 4.79 Å². The Kier molecular flexibility index (Phi) is 4.56. The van der Waals surface area contributed by atoms with E-state index in [2.05, 4.69) is 22.3 Å². The molecule has 2 aromatic heterocycles. The van der Waals surface area contributed by atoms with Crippen LogP contribution in [0.25, 0.3) is 0 Å². The molecule has 0 fully saturated rings. The van der Waals surface area contributed by atoms with E-state index in [0.29, 0.717) is 17.9 Å². The summed E-state index contributed by atoms with van der Waals surface area (Å²) >= 11 is 1.37. The van der Waals surface area contributed by atoms with Crippen LogP contribution in [0.2, 0.25) is 0 Å². The van der Waals surface area contributed by atoms with Gasteiger partial charge in [-0.25, -0.2) is 0 Å². The molecule has 0 aliphatic rings. The van der Waals surface area contributed by atoms with Crippen molar-refractivity contribution >= 4 is 17.2 Å². The number of rotatable bonds is 3. The van der Waals surface area contributed by atoms with Gasteiger partial charge in [-0.15, -0.1) is 11.3 Å². The molecule has 2 aromatic rings. The number of amides is 1. The highest BCUT2D eigenvalue weighted by molar-refractivity contribution is 7.10. The molecule has 0 bridgehead atoms. The Morgan fingerprint density at radius 3 is 3.00 bits per heavy atom. The van der Waals surface area contributed by atoms with Gasteiger partial charge in [0.25, 0.3) is 5.91 Å². The Labute approximate surface area is 120 Å². The fourth-order valence-electron chi connectivity index (χ4n) is 1.67. The van der Waals surface area contributed by atoms with Gasteiger partial charge in [-0.05, 0) is 19.9 Å². The van der Waals surface area contributed by atoms with Crippen LogP contribution in [0, 0.1) is 25.7 Å². The lowest BCUT2D eigenvalue weighted by Crippen LogP contribution is -2.22. The molecule has 104 valence electrons. The molecule has 2 heterocycles. The van der Waals surface area contributed by atoms with Gasteiger partial charge in [0, 0.05) is 17.5 Å². The second-order valence-electron chi connectivity index (χ2n) is 4.14. The van der Waals surface area contributed by atoms with Crippen molar-refractivity contribution in [2.45, 2.75) is 20.4 Å². The maximum absolute atomic E-state index is 12.0. The molecule has 2 N–H and O–H groups in total. The van der Waals surface area contributed by atoms with Crippen molar-refractivity contribution < 1.29 is 14.4 Å². The average Bonchev–Trinajstić information content (AvgIpc) is 3.02. The summed E-state index contributed by atoms with van der Waals surface area (Å²) in [5.41, 5.74) is 2.24. The topological polar surface area (TPSA) is 75.4 Å². The molecule has 0 aliphatic carbocycles. The van der Waals surface area contributed by atoms with E-state index in [-0.39, 0.29) is 12.5 Å². The van der Waals surface area contributed by atoms with Crippen LogP contribution in [-0.4, -0.2) is 22.8 Å². The number of carbonyl (C=O) groups is 1. The predicted molar refractivity (Wildman–Crippen MR) is 75.4 cm³/mol. The lowest BCUT2D eigenvalue weighted by Gasteiger charge is -2.02. The Morgan fingerprint density at radius 2 is 2.35 bits per heavy atom. The monoisotopic (exact) mass is 290 g/mol. The standard InChI is InChI=1S/C14H14N2O3S/c1-9-13(10(2)19-16-9)7-15-14(18)11-6-12(20-8-11)4-3-5-17/h6,8,17H,5,7H2,1-2H3,(H,15,18). The summed E-state index contributed by atoms with van der Waals surface area (Å²) in [6.45, 7) is 3.85. The second kappa shape index (κ2) is 6.37. The molecular weight excluding hydrogens is 276 g/mol. The summed E-state index contributed by atoms with van der Waals surface area (Å²) in [7, 11) is 0. The highest BCUT2D eigenvalue weighted by Gasteiger charge is 2.12. The van der Waals surface area contributed by atoms with Crippen LogP contribution in [-0.2, 0) is 6.54 Å². The van der Waals surface area contributed by atoms with E-state index in [1.165, 1.54) is 11.3 Å². The van der Waals surface area contributed by atoms with Crippen LogP contribution in [0.4, 0.5) is 0 Å². The first-order chi connectivity index (χ1) is 9.61. The first-order valence-corrected chi connectivity index (χ1v) is 6.88. The SMILES string of the molecule is Cc1noc(C)c1CNC(=O)c1csc(C#CCO)c1. The normalized spacial score (nSPS) is 9.95. The minimum absolute atomic E-state index is 0.168. The van der Waals surface area contributed by atoms with Crippen LogP contribution in [0.1, 0.15) is 32.3 Å². The molecule has 0 aromatic carbocycles. The summed E-state index contributed by atoms with van der Waals surface area (Å²) in [5, 5.41) is 17.0. The lowest BCUT2D eigenvalue weighted by atomic mass is 10.2. The quantitative estimate of drug-likeness (QED) is 0.842. The lowest BCUT2D eigenvalue weighted by molar-refractivity contribution is 0.0951. The largest absolute Gasteiger partial charge is 0.384 e. The van der Waals surface area contributed by atoms with Crippen molar-refractivity contribution in [1.29, 1.82) is 0 Å². The third-order valence-electron chi connectivity index (χ3n) is 2.76. The third-order valence-corrected chi connectivity index (χ3v) is 3.60. The van der Waals surface area contributed by atoms with Crippen LogP contribution in [0.15, 0.2) is 16.0 Å². The van der Waals surface area contributed by atoms with E-state index in [0.717, 1.165) is 16.1 Å². The summed E-state index contributed by atoms with van der Waals surface area (Å²) in [4.78, 5) is 12.7. The molecule has 0 atom stereocenters. The van der Waals surface area contributed by atoms with Gasteiger partial charge in [0.1, 0.15) is 12.4 Å². The van der Waals surface area contributed by atoms with Gasteiger partial charge in [-0.1, -0.05) is 17.0 Å². The fourth-order valence-corrected chi connectivity index (χ4v) is 2.43. The molecule has 5 nitrogen and oxygen atoms in total. The Balaban J connectivity index is 2.00. The van der Waals surface area contributed by atoms with Crippen LogP contribution in [0.5, 0.6) is 0 Å². The minimum Gasteiger partial charge on any atom is -0.384 e. The van der Waals surface area contributed by atoms with Gasteiger partial charge in [0.05, 0.1) is 16.1 Å². The highest BCUT2D eigenvalue weighted by atomic mass is 32.1. The van der Waals surface area contributed by atoms with Crippen molar-refractivity contribution in [2.24, 2.45) is 0 Å². The number of aryl methyl sites for hydroxylation is 2. The predicted octanol–water partition coefficient (Wildman–Crippen LogP) is 1.63.